The summed E-state index contributed by atoms with van der Waals surface area (Å²) in [6.45, 7) is 3.78. The highest BCUT2D eigenvalue weighted by molar-refractivity contribution is 9.09. The zero-order valence-corrected chi connectivity index (χ0v) is 22.7. The third-order valence-corrected chi connectivity index (χ3v) is 7.37. The topological polar surface area (TPSA) is 91.4 Å². The van der Waals surface area contributed by atoms with Crippen molar-refractivity contribution in [1.29, 1.82) is 0 Å². The first kappa shape index (κ1) is 25.0. The van der Waals surface area contributed by atoms with Gasteiger partial charge in [0.05, 0.1) is 46.0 Å². The number of alkyl halides is 1. The summed E-state index contributed by atoms with van der Waals surface area (Å²) in [5.74, 6) is -0.470. The molecule has 0 bridgehead atoms. The molecule has 0 radical (unpaired) electrons. The molecule has 0 N–H and O–H groups in total. The second kappa shape index (κ2) is 10.8. The number of ether oxygens (including phenoxy) is 1. The smallest absolute Gasteiger partial charge is 0.338 e. The van der Waals surface area contributed by atoms with E-state index in [1.165, 1.54) is 11.3 Å². The van der Waals surface area contributed by atoms with Gasteiger partial charge in [0.2, 0.25) is 0 Å². The fourth-order valence-electron chi connectivity index (χ4n) is 4.33. The highest BCUT2D eigenvalue weighted by Gasteiger charge is 2.33. The number of aromatic nitrogens is 4. The first-order valence-electron chi connectivity index (χ1n) is 11.8. The lowest BCUT2D eigenvalue weighted by atomic mass is 9.96. The van der Waals surface area contributed by atoms with Crippen molar-refractivity contribution in [2.75, 3.05) is 11.9 Å². The molecular formula is C27H24BrN5O3S. The van der Waals surface area contributed by atoms with Crippen molar-refractivity contribution in [2.45, 2.75) is 26.3 Å². The summed E-state index contributed by atoms with van der Waals surface area (Å²) < 4.78 is 9.17. The maximum absolute atomic E-state index is 13.8. The summed E-state index contributed by atoms with van der Waals surface area (Å²) in [6, 6.07) is 16.6. The molecule has 188 valence electrons. The van der Waals surface area contributed by atoms with Crippen LogP contribution in [0.1, 0.15) is 36.7 Å². The van der Waals surface area contributed by atoms with Crippen LogP contribution in [-0.2, 0) is 16.0 Å². The van der Waals surface area contributed by atoms with Crippen LogP contribution in [0.3, 0.4) is 0 Å². The van der Waals surface area contributed by atoms with E-state index in [-0.39, 0.29) is 12.2 Å². The van der Waals surface area contributed by atoms with Gasteiger partial charge >= 0.3 is 5.97 Å². The van der Waals surface area contributed by atoms with E-state index in [1.807, 2.05) is 66.9 Å². The van der Waals surface area contributed by atoms with Gasteiger partial charge in [0.1, 0.15) is 0 Å². The van der Waals surface area contributed by atoms with Crippen molar-refractivity contribution in [2.24, 2.45) is 4.99 Å². The van der Waals surface area contributed by atoms with E-state index in [1.54, 1.807) is 23.1 Å². The fourth-order valence-corrected chi connectivity index (χ4v) is 5.77. The van der Waals surface area contributed by atoms with E-state index in [2.05, 4.69) is 31.2 Å². The first-order valence-corrected chi connectivity index (χ1v) is 13.8. The van der Waals surface area contributed by atoms with Gasteiger partial charge in [0, 0.05) is 17.3 Å². The Balaban J connectivity index is 1.67. The van der Waals surface area contributed by atoms with Crippen LogP contribution >= 0.6 is 27.3 Å². The van der Waals surface area contributed by atoms with Crippen molar-refractivity contribution < 1.29 is 9.53 Å². The van der Waals surface area contributed by atoms with Gasteiger partial charge in [-0.05, 0) is 31.6 Å². The molecule has 0 spiro atoms. The average molecular weight is 578 g/mol. The maximum Gasteiger partial charge on any atom is 0.338 e. The van der Waals surface area contributed by atoms with Crippen molar-refractivity contribution in [3.8, 4) is 5.69 Å². The quantitative estimate of drug-likeness (QED) is 0.248. The molecule has 5 rings (SSSR count). The highest BCUT2D eigenvalue weighted by Crippen LogP contribution is 2.30. The number of halogens is 1. The van der Waals surface area contributed by atoms with Gasteiger partial charge in [-0.25, -0.2) is 14.5 Å². The van der Waals surface area contributed by atoms with Crippen molar-refractivity contribution >= 4 is 39.3 Å². The molecule has 10 heteroatoms. The van der Waals surface area contributed by atoms with Crippen molar-refractivity contribution in [1.82, 2.24) is 19.6 Å². The number of carbonyl (C=O) groups is 1. The average Bonchev–Trinajstić information content (AvgIpc) is 3.48. The number of allylic oxidation sites excluding steroid dienone is 1. The standard InChI is InChI=1S/C27H24BrN5O3S/c1-3-36-26(35)23-17(2)29-27-33(24(23)18-9-5-4-6-10-18)25(34)22(37-27)15-19-11-7-8-12-21(19)32-16-20(13-14-28)30-31-32/h4-12,15-16,24H,3,13-14H2,1-2H3/b22-15-. The van der Waals surface area contributed by atoms with Crippen molar-refractivity contribution in [3.63, 3.8) is 0 Å². The molecule has 4 aromatic rings. The Morgan fingerprint density at radius 2 is 1.92 bits per heavy atom. The van der Waals surface area contributed by atoms with E-state index < -0.39 is 12.0 Å². The van der Waals surface area contributed by atoms with Crippen LogP contribution in [0.2, 0.25) is 0 Å². The number of esters is 1. The maximum atomic E-state index is 13.8. The Labute approximate surface area is 225 Å². The lowest BCUT2D eigenvalue weighted by molar-refractivity contribution is -0.139. The van der Waals surface area contributed by atoms with E-state index in [0.717, 1.165) is 34.3 Å². The summed E-state index contributed by atoms with van der Waals surface area (Å²) in [5.41, 5.74) is 4.01. The second-order valence-corrected chi connectivity index (χ2v) is 10.2. The molecule has 3 heterocycles. The number of rotatable bonds is 7. The monoisotopic (exact) mass is 577 g/mol. The number of hydrogen-bond donors (Lipinski definition) is 0. The molecular weight excluding hydrogens is 554 g/mol. The van der Waals surface area contributed by atoms with E-state index in [4.69, 9.17) is 4.74 Å². The van der Waals surface area contributed by atoms with Crippen molar-refractivity contribution in [3.05, 3.63) is 109 Å². The summed E-state index contributed by atoms with van der Waals surface area (Å²) in [7, 11) is 0. The fraction of sp³-hybridized carbons (Fsp3) is 0.222. The predicted octanol–water partition coefficient (Wildman–Crippen LogP) is 3.32. The van der Waals surface area contributed by atoms with Crippen LogP contribution in [0.25, 0.3) is 11.8 Å². The van der Waals surface area contributed by atoms with E-state index in [9.17, 15) is 9.59 Å². The number of nitrogens with zero attached hydrogens (tertiary/aromatic N) is 5. The lowest BCUT2D eigenvalue weighted by Crippen LogP contribution is -2.39. The SMILES string of the molecule is CCOC(=O)C1=C(C)N=c2s/c(=C\c3ccccc3-n3cc(CCBr)nn3)c(=O)n2C1c1ccccc1. The van der Waals surface area contributed by atoms with Gasteiger partial charge in [-0.1, -0.05) is 81.0 Å². The molecule has 2 aromatic carbocycles. The van der Waals surface area contributed by atoms with Gasteiger partial charge < -0.3 is 4.74 Å². The summed E-state index contributed by atoms with van der Waals surface area (Å²) in [5, 5.41) is 9.30. The zero-order chi connectivity index (χ0) is 25.9. The molecule has 0 amide bonds. The van der Waals surface area contributed by atoms with Crippen LogP contribution in [0.15, 0.2) is 81.9 Å². The normalized spacial score (nSPS) is 15.4. The molecule has 37 heavy (non-hydrogen) atoms. The number of thiazole rings is 1. The number of para-hydroxylation sites is 1. The Kier molecular flexibility index (Phi) is 7.29. The second-order valence-electron chi connectivity index (χ2n) is 8.37. The third-order valence-electron chi connectivity index (χ3n) is 5.99. The van der Waals surface area contributed by atoms with Gasteiger partial charge in [0.15, 0.2) is 4.80 Å². The molecule has 0 aliphatic carbocycles. The van der Waals surface area contributed by atoms with Gasteiger partial charge in [-0.3, -0.25) is 9.36 Å². The summed E-state index contributed by atoms with van der Waals surface area (Å²) in [6.07, 6.45) is 4.50. The van der Waals surface area contributed by atoms with Crippen LogP contribution < -0.4 is 14.9 Å². The minimum Gasteiger partial charge on any atom is -0.463 e. The summed E-state index contributed by atoms with van der Waals surface area (Å²) >= 11 is 4.73. The van der Waals surface area contributed by atoms with Gasteiger partial charge in [-0.2, -0.15) is 0 Å². The Morgan fingerprint density at radius 3 is 2.68 bits per heavy atom. The minimum absolute atomic E-state index is 0.222. The third kappa shape index (κ3) is 4.86. The number of benzene rings is 2. The number of fused-ring (bicyclic) bond motifs is 1. The number of aryl methyl sites for hydroxylation is 1. The molecule has 0 saturated heterocycles. The molecule has 1 unspecified atom stereocenters. The first-order chi connectivity index (χ1) is 18.0. The molecule has 0 saturated carbocycles. The van der Waals surface area contributed by atoms with Crippen LogP contribution in [0.5, 0.6) is 0 Å². The van der Waals surface area contributed by atoms with Gasteiger partial charge in [-0.15, -0.1) is 5.10 Å². The Hall–Kier alpha value is -3.63. The van der Waals surface area contributed by atoms with Gasteiger partial charge in [0.25, 0.3) is 5.56 Å². The molecule has 0 fully saturated rings. The number of hydrogen-bond acceptors (Lipinski definition) is 7. The van der Waals surface area contributed by atoms with Crippen LogP contribution in [-0.4, -0.2) is 37.5 Å². The molecule has 1 aliphatic heterocycles. The molecule has 1 atom stereocenters. The van der Waals surface area contributed by atoms with Crippen LogP contribution in [0.4, 0.5) is 0 Å². The molecule has 1 aliphatic rings. The Morgan fingerprint density at radius 1 is 1.16 bits per heavy atom. The van der Waals surface area contributed by atoms with E-state index >= 15 is 0 Å². The van der Waals surface area contributed by atoms with E-state index in [0.29, 0.717) is 20.6 Å². The Bertz CT molecular complexity index is 1670. The van der Waals surface area contributed by atoms with Crippen LogP contribution in [0, 0.1) is 0 Å². The molecule has 2 aromatic heterocycles. The minimum atomic E-state index is -0.629. The highest BCUT2D eigenvalue weighted by atomic mass is 79.9. The lowest BCUT2D eigenvalue weighted by Gasteiger charge is -2.24. The predicted molar refractivity (Wildman–Crippen MR) is 146 cm³/mol. The zero-order valence-electron chi connectivity index (χ0n) is 20.3. The number of carbonyl (C=O) groups excluding carboxylic acids is 1. The molecule has 8 nitrogen and oxygen atoms in total. The largest absolute Gasteiger partial charge is 0.463 e. The summed E-state index contributed by atoms with van der Waals surface area (Å²) in [4.78, 5) is 32.0.